The molecule has 0 saturated heterocycles. The third-order valence-electron chi connectivity index (χ3n) is 5.24. The first-order valence-corrected chi connectivity index (χ1v) is 11.3. The Bertz CT molecular complexity index is 375. The molecule has 0 radical (unpaired) electrons. The quantitative estimate of drug-likeness (QED) is 0.264. The molecular weight excluding hydrogens is 340 g/mol. The maximum Gasteiger partial charge on any atom is 0.326 e. The first-order valence-electron chi connectivity index (χ1n) is 11.3. The van der Waals surface area contributed by atoms with Gasteiger partial charge < -0.3 is 15.7 Å². The number of hydrogen-bond donors (Lipinski definition) is 2. The molecule has 5 nitrogen and oxygen atoms in total. The van der Waals surface area contributed by atoms with E-state index in [0.29, 0.717) is 19.4 Å². The van der Waals surface area contributed by atoms with E-state index in [-0.39, 0.29) is 0 Å². The number of primary amides is 1. The van der Waals surface area contributed by atoms with E-state index in [4.69, 9.17) is 5.73 Å². The van der Waals surface area contributed by atoms with Crippen molar-refractivity contribution in [3.8, 4) is 0 Å². The van der Waals surface area contributed by atoms with E-state index in [1.54, 1.807) is 0 Å². The monoisotopic (exact) mass is 384 g/mol. The summed E-state index contributed by atoms with van der Waals surface area (Å²) >= 11 is 0. The fourth-order valence-electron chi connectivity index (χ4n) is 3.61. The van der Waals surface area contributed by atoms with Crippen LogP contribution in [0.1, 0.15) is 117 Å². The molecule has 3 N–H and O–H groups in total. The van der Waals surface area contributed by atoms with Crippen LogP contribution in [0.15, 0.2) is 0 Å². The van der Waals surface area contributed by atoms with Crippen LogP contribution in [0.5, 0.6) is 0 Å². The summed E-state index contributed by atoms with van der Waals surface area (Å²) in [6, 6.07) is -1.41. The third-order valence-corrected chi connectivity index (χ3v) is 5.24. The van der Waals surface area contributed by atoms with Gasteiger partial charge in [0.05, 0.1) is 0 Å². The lowest BCUT2D eigenvalue weighted by Crippen LogP contribution is -2.48. The fraction of sp³-hybridized carbons (Fsp3) is 0.909. The number of carbonyl (C=O) groups is 2. The van der Waals surface area contributed by atoms with E-state index in [1.807, 2.05) is 6.92 Å². The summed E-state index contributed by atoms with van der Waals surface area (Å²) in [5.74, 6) is -0.947. The Morgan fingerprint density at radius 2 is 1.15 bits per heavy atom. The zero-order valence-corrected chi connectivity index (χ0v) is 17.9. The molecule has 0 bridgehead atoms. The topological polar surface area (TPSA) is 83.6 Å². The first kappa shape index (κ1) is 25.7. The van der Waals surface area contributed by atoms with Crippen LogP contribution in [0.2, 0.25) is 0 Å². The van der Waals surface area contributed by atoms with Crippen molar-refractivity contribution in [2.24, 2.45) is 5.73 Å². The molecule has 27 heavy (non-hydrogen) atoms. The van der Waals surface area contributed by atoms with Crippen molar-refractivity contribution in [2.75, 3.05) is 6.54 Å². The molecule has 1 unspecified atom stereocenters. The summed E-state index contributed by atoms with van der Waals surface area (Å²) in [5.41, 5.74) is 5.34. The molecule has 0 fully saturated rings. The molecule has 0 spiro atoms. The van der Waals surface area contributed by atoms with Crippen molar-refractivity contribution in [3.05, 3.63) is 0 Å². The number of carboxylic acid groups (broad SMARTS) is 1. The predicted octanol–water partition coefficient (Wildman–Crippen LogP) is 6.10. The van der Waals surface area contributed by atoms with E-state index >= 15 is 0 Å². The molecule has 1 atom stereocenters. The van der Waals surface area contributed by atoms with Crippen molar-refractivity contribution in [3.63, 3.8) is 0 Å². The van der Waals surface area contributed by atoms with Crippen LogP contribution in [-0.4, -0.2) is 34.6 Å². The molecule has 0 rings (SSSR count). The summed E-state index contributed by atoms with van der Waals surface area (Å²) in [4.78, 5) is 24.2. The summed E-state index contributed by atoms with van der Waals surface area (Å²) in [6.45, 7) is 4.58. The number of nitrogens with two attached hydrogens (primary N) is 1. The SMILES string of the molecule is CCCCCCCCCCCCCCCCC(C(=O)O)N(CCC)C(N)=O. The number of hydrogen-bond acceptors (Lipinski definition) is 2. The molecule has 0 aromatic carbocycles. The number of amides is 2. The molecule has 0 aliphatic rings. The Balaban J connectivity index is 3.63. The number of unbranched alkanes of at least 4 members (excludes halogenated alkanes) is 13. The second-order valence-electron chi connectivity index (χ2n) is 7.77. The summed E-state index contributed by atoms with van der Waals surface area (Å²) < 4.78 is 0. The van der Waals surface area contributed by atoms with Gasteiger partial charge in [0.1, 0.15) is 6.04 Å². The molecule has 0 aromatic heterocycles. The highest BCUT2D eigenvalue weighted by atomic mass is 16.4. The van der Waals surface area contributed by atoms with Crippen LogP contribution in [0, 0.1) is 0 Å². The summed E-state index contributed by atoms with van der Waals surface area (Å²) in [5, 5.41) is 9.37. The van der Waals surface area contributed by atoms with Crippen LogP contribution in [0.25, 0.3) is 0 Å². The van der Waals surface area contributed by atoms with Gasteiger partial charge in [0, 0.05) is 6.54 Å². The maximum atomic E-state index is 11.5. The van der Waals surface area contributed by atoms with Crippen LogP contribution >= 0.6 is 0 Å². The average molecular weight is 385 g/mol. The molecule has 2 amide bonds. The fourth-order valence-corrected chi connectivity index (χ4v) is 3.61. The van der Waals surface area contributed by atoms with Crippen molar-refractivity contribution in [2.45, 2.75) is 123 Å². The smallest absolute Gasteiger partial charge is 0.326 e. The maximum absolute atomic E-state index is 11.5. The largest absolute Gasteiger partial charge is 0.480 e. The standard InChI is InChI=1S/C22H44N2O3/c1-3-5-6-7-8-9-10-11-12-13-14-15-16-17-18-20(21(25)26)24(19-4-2)22(23)27/h20H,3-19H2,1-2H3,(H2,23,27)(H,25,26). The van der Waals surface area contributed by atoms with E-state index in [1.165, 1.54) is 75.5 Å². The summed E-state index contributed by atoms with van der Waals surface area (Å²) in [6.07, 6.45) is 19.0. The van der Waals surface area contributed by atoms with Gasteiger partial charge in [-0.25, -0.2) is 9.59 Å². The zero-order valence-electron chi connectivity index (χ0n) is 17.9. The van der Waals surface area contributed by atoms with Gasteiger partial charge >= 0.3 is 12.0 Å². The first-order chi connectivity index (χ1) is 13.0. The molecular formula is C22H44N2O3. The van der Waals surface area contributed by atoms with Crippen LogP contribution < -0.4 is 5.73 Å². The molecule has 0 heterocycles. The van der Waals surface area contributed by atoms with E-state index in [2.05, 4.69) is 6.92 Å². The number of carbonyl (C=O) groups excluding carboxylic acids is 1. The van der Waals surface area contributed by atoms with Crippen molar-refractivity contribution in [1.29, 1.82) is 0 Å². The van der Waals surface area contributed by atoms with Gasteiger partial charge in [-0.3, -0.25) is 0 Å². The number of urea groups is 1. The van der Waals surface area contributed by atoms with Gasteiger partial charge in [0.15, 0.2) is 0 Å². The minimum Gasteiger partial charge on any atom is -0.480 e. The lowest BCUT2D eigenvalue weighted by atomic mass is 10.0. The van der Waals surface area contributed by atoms with Gasteiger partial charge in [0.2, 0.25) is 0 Å². The van der Waals surface area contributed by atoms with Crippen molar-refractivity contribution < 1.29 is 14.7 Å². The highest BCUT2D eigenvalue weighted by Crippen LogP contribution is 2.15. The molecule has 160 valence electrons. The van der Waals surface area contributed by atoms with Gasteiger partial charge in [-0.2, -0.15) is 0 Å². The summed E-state index contributed by atoms with van der Waals surface area (Å²) in [7, 11) is 0. The predicted molar refractivity (Wildman–Crippen MR) is 113 cm³/mol. The minimum absolute atomic E-state index is 0.408. The Hall–Kier alpha value is -1.26. The highest BCUT2D eigenvalue weighted by molar-refractivity contribution is 5.81. The minimum atomic E-state index is -0.947. The Kier molecular flexibility index (Phi) is 17.3. The van der Waals surface area contributed by atoms with Gasteiger partial charge in [-0.1, -0.05) is 104 Å². The van der Waals surface area contributed by atoms with Crippen LogP contribution in [0.3, 0.4) is 0 Å². The van der Waals surface area contributed by atoms with E-state index in [9.17, 15) is 14.7 Å². The van der Waals surface area contributed by atoms with E-state index in [0.717, 1.165) is 19.3 Å². The van der Waals surface area contributed by atoms with Crippen molar-refractivity contribution >= 4 is 12.0 Å². The Morgan fingerprint density at radius 1 is 0.741 bits per heavy atom. The van der Waals surface area contributed by atoms with Crippen molar-refractivity contribution in [1.82, 2.24) is 4.90 Å². The average Bonchev–Trinajstić information content (AvgIpc) is 2.63. The zero-order chi connectivity index (χ0) is 20.3. The molecule has 0 saturated carbocycles. The molecule has 0 aliphatic carbocycles. The number of nitrogens with zero attached hydrogens (tertiary/aromatic N) is 1. The molecule has 0 aromatic rings. The number of aliphatic carboxylic acids is 1. The van der Waals surface area contributed by atoms with Gasteiger partial charge in [0.25, 0.3) is 0 Å². The van der Waals surface area contributed by atoms with Gasteiger partial charge in [-0.05, 0) is 12.8 Å². The lowest BCUT2D eigenvalue weighted by molar-refractivity contribution is -0.142. The second-order valence-corrected chi connectivity index (χ2v) is 7.77. The Morgan fingerprint density at radius 3 is 1.48 bits per heavy atom. The normalized spacial score (nSPS) is 12.1. The number of carboxylic acids is 1. The van der Waals surface area contributed by atoms with Gasteiger partial charge in [-0.15, -0.1) is 0 Å². The highest BCUT2D eigenvalue weighted by Gasteiger charge is 2.26. The second kappa shape index (κ2) is 18.1. The third kappa shape index (κ3) is 14.5. The van der Waals surface area contributed by atoms with E-state index < -0.39 is 18.0 Å². The van der Waals surface area contributed by atoms with Crippen LogP contribution in [0.4, 0.5) is 4.79 Å². The molecule has 0 aliphatic heterocycles. The number of rotatable bonds is 19. The lowest BCUT2D eigenvalue weighted by Gasteiger charge is -2.26. The Labute approximate surface area is 167 Å². The van der Waals surface area contributed by atoms with Crippen LogP contribution in [-0.2, 0) is 4.79 Å². The molecule has 5 heteroatoms.